The molecule has 0 radical (unpaired) electrons. The average Bonchev–Trinajstić information content (AvgIpc) is 2.81. The zero-order chi connectivity index (χ0) is 21.3. The number of anilines is 1. The van der Waals surface area contributed by atoms with Crippen molar-refractivity contribution in [3.05, 3.63) is 65.9 Å². The normalized spacial score (nSPS) is 13.9. The largest absolute Gasteiger partial charge is 0.465 e. The number of ether oxygens (including phenoxy) is 2. The van der Waals surface area contributed by atoms with Gasteiger partial charge in [-0.15, -0.1) is 0 Å². The summed E-state index contributed by atoms with van der Waals surface area (Å²) in [6.45, 7) is 2.16. The molecule has 2 aromatic rings. The summed E-state index contributed by atoms with van der Waals surface area (Å²) < 4.78 is 9.69. The summed E-state index contributed by atoms with van der Waals surface area (Å²) in [6, 6.07) is 12.3. The lowest BCUT2D eigenvalue weighted by Crippen LogP contribution is -2.50. The molecule has 1 saturated heterocycles. The van der Waals surface area contributed by atoms with Gasteiger partial charge >= 0.3 is 11.9 Å². The van der Waals surface area contributed by atoms with Crippen LogP contribution in [0.15, 0.2) is 54.7 Å². The van der Waals surface area contributed by atoms with Gasteiger partial charge in [0.2, 0.25) is 0 Å². The Morgan fingerprint density at radius 1 is 1.03 bits per heavy atom. The van der Waals surface area contributed by atoms with E-state index in [9.17, 15) is 14.4 Å². The van der Waals surface area contributed by atoms with Crippen LogP contribution in [0.25, 0.3) is 6.08 Å². The number of piperazine rings is 1. The SMILES string of the molecule is COC(=O)c1ccc(/C=C/C(=O)OCC(=O)N2CCN(c3ccccn3)CC2)cc1. The average molecular weight is 409 g/mol. The number of carbonyl (C=O) groups is 3. The summed E-state index contributed by atoms with van der Waals surface area (Å²) in [7, 11) is 1.31. The number of aromatic nitrogens is 1. The molecule has 3 rings (SSSR count). The first kappa shape index (κ1) is 21.0. The minimum atomic E-state index is -0.604. The molecular weight excluding hydrogens is 386 g/mol. The molecule has 8 nitrogen and oxygen atoms in total. The molecule has 0 unspecified atom stereocenters. The van der Waals surface area contributed by atoms with Gasteiger partial charge in [0.15, 0.2) is 6.61 Å². The number of amides is 1. The summed E-state index contributed by atoms with van der Waals surface area (Å²) in [4.78, 5) is 43.7. The van der Waals surface area contributed by atoms with Crippen LogP contribution in [0, 0.1) is 0 Å². The Kier molecular flexibility index (Phi) is 7.15. The van der Waals surface area contributed by atoms with Crippen LogP contribution in [0.1, 0.15) is 15.9 Å². The van der Waals surface area contributed by atoms with Crippen LogP contribution in [0.2, 0.25) is 0 Å². The van der Waals surface area contributed by atoms with E-state index in [2.05, 4.69) is 14.6 Å². The maximum atomic E-state index is 12.3. The molecule has 1 aliphatic heterocycles. The quantitative estimate of drug-likeness (QED) is 0.531. The lowest BCUT2D eigenvalue weighted by molar-refractivity contribution is -0.148. The van der Waals surface area contributed by atoms with Crippen LogP contribution >= 0.6 is 0 Å². The van der Waals surface area contributed by atoms with Gasteiger partial charge in [0, 0.05) is 38.5 Å². The van der Waals surface area contributed by atoms with Crippen LogP contribution in [-0.2, 0) is 19.1 Å². The number of rotatable bonds is 6. The molecule has 1 aromatic carbocycles. The third kappa shape index (κ3) is 5.66. The summed E-state index contributed by atoms with van der Waals surface area (Å²) >= 11 is 0. The van der Waals surface area contributed by atoms with Gasteiger partial charge in [-0.25, -0.2) is 14.6 Å². The van der Waals surface area contributed by atoms with Crippen LogP contribution < -0.4 is 4.90 Å². The van der Waals surface area contributed by atoms with Crippen molar-refractivity contribution in [2.75, 3.05) is 44.8 Å². The van der Waals surface area contributed by atoms with Crippen molar-refractivity contribution in [2.45, 2.75) is 0 Å². The smallest absolute Gasteiger partial charge is 0.337 e. The molecule has 1 aromatic heterocycles. The molecular formula is C22H23N3O5. The molecule has 30 heavy (non-hydrogen) atoms. The van der Waals surface area contributed by atoms with Gasteiger partial charge in [-0.3, -0.25) is 4.79 Å². The van der Waals surface area contributed by atoms with Gasteiger partial charge < -0.3 is 19.3 Å². The highest BCUT2D eigenvalue weighted by atomic mass is 16.5. The molecule has 156 valence electrons. The topological polar surface area (TPSA) is 89.0 Å². The molecule has 8 heteroatoms. The maximum Gasteiger partial charge on any atom is 0.337 e. The molecule has 0 aliphatic carbocycles. The molecule has 0 atom stereocenters. The van der Waals surface area contributed by atoms with Gasteiger partial charge in [-0.2, -0.15) is 0 Å². The zero-order valence-corrected chi connectivity index (χ0v) is 16.7. The first-order valence-electron chi connectivity index (χ1n) is 9.54. The second kappa shape index (κ2) is 10.2. The summed E-state index contributed by atoms with van der Waals surface area (Å²) in [6.07, 6.45) is 4.55. The predicted octanol–water partition coefficient (Wildman–Crippen LogP) is 1.77. The molecule has 1 fully saturated rings. The Morgan fingerprint density at radius 3 is 2.40 bits per heavy atom. The van der Waals surface area contributed by atoms with Crippen molar-refractivity contribution in [1.82, 2.24) is 9.88 Å². The Balaban J connectivity index is 1.42. The molecule has 1 amide bonds. The highest BCUT2D eigenvalue weighted by Crippen LogP contribution is 2.12. The second-order valence-corrected chi connectivity index (χ2v) is 6.61. The number of benzene rings is 1. The number of nitrogens with zero attached hydrogens (tertiary/aromatic N) is 3. The van der Waals surface area contributed by atoms with Gasteiger partial charge in [-0.1, -0.05) is 18.2 Å². The van der Waals surface area contributed by atoms with Gasteiger partial charge in [-0.05, 0) is 35.9 Å². The first-order chi connectivity index (χ1) is 14.6. The maximum absolute atomic E-state index is 12.3. The van der Waals surface area contributed by atoms with Crippen LogP contribution in [0.5, 0.6) is 0 Å². The fraction of sp³-hybridized carbons (Fsp3) is 0.273. The van der Waals surface area contributed by atoms with Gasteiger partial charge in [0.05, 0.1) is 12.7 Å². The fourth-order valence-corrected chi connectivity index (χ4v) is 3.01. The monoisotopic (exact) mass is 409 g/mol. The lowest BCUT2D eigenvalue weighted by atomic mass is 10.1. The Bertz CT molecular complexity index is 904. The molecule has 0 bridgehead atoms. The van der Waals surface area contributed by atoms with E-state index in [4.69, 9.17) is 4.74 Å². The fourth-order valence-electron chi connectivity index (χ4n) is 3.01. The number of pyridine rings is 1. The number of hydrogen-bond acceptors (Lipinski definition) is 7. The summed E-state index contributed by atoms with van der Waals surface area (Å²) in [5.41, 5.74) is 1.14. The Morgan fingerprint density at radius 2 is 1.77 bits per heavy atom. The minimum Gasteiger partial charge on any atom is -0.465 e. The van der Waals surface area contributed by atoms with E-state index in [1.54, 1.807) is 41.4 Å². The van der Waals surface area contributed by atoms with Crippen molar-refractivity contribution < 1.29 is 23.9 Å². The third-order valence-electron chi connectivity index (χ3n) is 4.69. The molecule has 0 N–H and O–H groups in total. The zero-order valence-electron chi connectivity index (χ0n) is 16.7. The van der Waals surface area contributed by atoms with Gasteiger partial charge in [0.1, 0.15) is 5.82 Å². The number of methoxy groups -OCH3 is 1. The van der Waals surface area contributed by atoms with Crippen LogP contribution in [0.3, 0.4) is 0 Å². The molecule has 0 saturated carbocycles. The third-order valence-corrected chi connectivity index (χ3v) is 4.69. The second-order valence-electron chi connectivity index (χ2n) is 6.61. The van der Waals surface area contributed by atoms with E-state index in [-0.39, 0.29) is 12.5 Å². The summed E-state index contributed by atoms with van der Waals surface area (Å²) in [5, 5.41) is 0. The van der Waals surface area contributed by atoms with Crippen LogP contribution in [-0.4, -0.2) is 67.6 Å². The Hall–Kier alpha value is -3.68. The number of carbonyl (C=O) groups excluding carboxylic acids is 3. The molecule has 1 aliphatic rings. The molecule has 2 heterocycles. The van der Waals surface area contributed by atoms with E-state index in [0.29, 0.717) is 31.7 Å². The van der Waals surface area contributed by atoms with Crippen molar-refractivity contribution in [3.8, 4) is 0 Å². The highest BCUT2D eigenvalue weighted by Gasteiger charge is 2.22. The predicted molar refractivity (Wildman–Crippen MR) is 111 cm³/mol. The summed E-state index contributed by atoms with van der Waals surface area (Å²) in [5.74, 6) is -0.363. The number of esters is 2. The van der Waals surface area contributed by atoms with Crippen molar-refractivity contribution in [2.24, 2.45) is 0 Å². The minimum absolute atomic E-state index is 0.222. The lowest BCUT2D eigenvalue weighted by Gasteiger charge is -2.35. The number of hydrogen-bond donors (Lipinski definition) is 0. The Labute approximate surface area is 174 Å². The van der Waals surface area contributed by atoms with Crippen molar-refractivity contribution in [3.63, 3.8) is 0 Å². The van der Waals surface area contributed by atoms with Crippen molar-refractivity contribution in [1.29, 1.82) is 0 Å². The van der Waals surface area contributed by atoms with E-state index in [1.165, 1.54) is 13.2 Å². The van der Waals surface area contributed by atoms with E-state index >= 15 is 0 Å². The molecule has 0 spiro atoms. The van der Waals surface area contributed by atoms with E-state index in [0.717, 1.165) is 11.4 Å². The van der Waals surface area contributed by atoms with Crippen LogP contribution in [0.4, 0.5) is 5.82 Å². The first-order valence-corrected chi connectivity index (χ1v) is 9.54. The van der Waals surface area contributed by atoms with E-state index in [1.807, 2.05) is 18.2 Å². The standard InChI is InChI=1S/C22H23N3O5/c1-29-22(28)18-8-5-17(6-9-18)7-10-21(27)30-16-20(26)25-14-12-24(13-15-25)19-4-2-3-11-23-19/h2-11H,12-16H2,1H3/b10-7+. The van der Waals surface area contributed by atoms with Crippen molar-refractivity contribution >= 4 is 29.7 Å². The highest BCUT2D eigenvalue weighted by molar-refractivity contribution is 5.91. The van der Waals surface area contributed by atoms with E-state index < -0.39 is 11.9 Å². The van der Waals surface area contributed by atoms with Gasteiger partial charge in [0.25, 0.3) is 5.91 Å².